The van der Waals surface area contributed by atoms with Crippen LogP contribution in [0.4, 0.5) is 0 Å². The fraction of sp³-hybridized carbons (Fsp3) is 0.667. The Bertz CT molecular complexity index is 966. The fourth-order valence-electron chi connectivity index (χ4n) is 7.86. The highest BCUT2D eigenvalue weighted by atomic mass is 16.4. The Morgan fingerprint density at radius 3 is 2.38 bits per heavy atom. The third kappa shape index (κ3) is 4.33. The predicted octanol–water partition coefficient (Wildman–Crippen LogP) is 7.72. The molecule has 0 spiro atoms. The number of carboxylic acids is 2. The van der Waals surface area contributed by atoms with Gasteiger partial charge in [0.1, 0.15) is 0 Å². The summed E-state index contributed by atoms with van der Waals surface area (Å²) < 4.78 is 0. The van der Waals surface area contributed by atoms with Gasteiger partial charge in [0.25, 0.3) is 0 Å². The Morgan fingerprint density at radius 1 is 1.12 bits per heavy atom. The molecule has 0 aromatic heterocycles. The molecule has 4 heteroatoms. The molecule has 3 aliphatic carbocycles. The Kier molecular flexibility index (Phi) is 7.41. The largest absolute Gasteiger partial charge is 0.481 e. The second-order valence-electron chi connectivity index (χ2n) is 11.9. The SMILES string of the molecule is C=C(C)[C@H]1CCC2C(=CC[C@]3(C)C(=C(C)CCC=C(C)C(=O)O)CC[C@@]23C)[C@@]1(C)CCC(=O)O. The summed E-state index contributed by atoms with van der Waals surface area (Å²) in [5.74, 6) is -0.748. The molecule has 0 saturated heterocycles. The van der Waals surface area contributed by atoms with Gasteiger partial charge in [-0.2, -0.15) is 0 Å². The van der Waals surface area contributed by atoms with E-state index in [1.807, 2.05) is 6.08 Å². The van der Waals surface area contributed by atoms with E-state index in [1.165, 1.54) is 16.7 Å². The van der Waals surface area contributed by atoms with Crippen molar-refractivity contribution >= 4 is 11.9 Å². The maximum atomic E-state index is 11.5. The van der Waals surface area contributed by atoms with Gasteiger partial charge in [0.2, 0.25) is 0 Å². The van der Waals surface area contributed by atoms with Gasteiger partial charge < -0.3 is 10.2 Å². The van der Waals surface area contributed by atoms with Crippen molar-refractivity contribution < 1.29 is 19.8 Å². The van der Waals surface area contributed by atoms with Crippen LogP contribution in [0.25, 0.3) is 0 Å². The van der Waals surface area contributed by atoms with Gasteiger partial charge in [-0.05, 0) is 100 Å². The molecule has 5 atom stereocenters. The first-order valence-corrected chi connectivity index (χ1v) is 12.9. The smallest absolute Gasteiger partial charge is 0.330 e. The first-order valence-electron chi connectivity index (χ1n) is 12.9. The number of rotatable bonds is 8. The maximum absolute atomic E-state index is 11.5. The lowest BCUT2D eigenvalue weighted by Crippen LogP contribution is -2.50. The van der Waals surface area contributed by atoms with Crippen LogP contribution < -0.4 is 0 Å². The van der Waals surface area contributed by atoms with Crippen LogP contribution in [0.5, 0.6) is 0 Å². The van der Waals surface area contributed by atoms with E-state index >= 15 is 0 Å². The minimum absolute atomic E-state index is 0.0978. The number of hydrogen-bond acceptors (Lipinski definition) is 2. The van der Waals surface area contributed by atoms with Crippen LogP contribution in [0.2, 0.25) is 0 Å². The van der Waals surface area contributed by atoms with Crippen LogP contribution in [-0.2, 0) is 9.59 Å². The summed E-state index contributed by atoms with van der Waals surface area (Å²) >= 11 is 0. The molecule has 2 saturated carbocycles. The van der Waals surface area contributed by atoms with Gasteiger partial charge in [0, 0.05) is 12.0 Å². The van der Waals surface area contributed by atoms with Crippen LogP contribution >= 0.6 is 0 Å². The van der Waals surface area contributed by atoms with Crippen LogP contribution in [0.3, 0.4) is 0 Å². The van der Waals surface area contributed by atoms with E-state index in [4.69, 9.17) is 5.11 Å². The second kappa shape index (κ2) is 9.51. The minimum Gasteiger partial charge on any atom is -0.481 e. The van der Waals surface area contributed by atoms with Crippen molar-refractivity contribution in [1.29, 1.82) is 0 Å². The Morgan fingerprint density at radius 2 is 1.79 bits per heavy atom. The summed E-state index contributed by atoms with van der Waals surface area (Å²) in [7, 11) is 0. The van der Waals surface area contributed by atoms with Crippen molar-refractivity contribution in [3.05, 3.63) is 46.6 Å². The molecule has 0 radical (unpaired) electrons. The van der Waals surface area contributed by atoms with Gasteiger partial charge in [-0.1, -0.05) is 61.8 Å². The summed E-state index contributed by atoms with van der Waals surface area (Å²) in [4.78, 5) is 22.6. The number of carbonyl (C=O) groups is 2. The Labute approximate surface area is 205 Å². The summed E-state index contributed by atoms with van der Waals surface area (Å²) in [6.07, 6.45) is 12.4. The summed E-state index contributed by atoms with van der Waals surface area (Å²) in [5.41, 5.74) is 6.19. The molecule has 0 aromatic carbocycles. The third-order valence-corrected chi connectivity index (χ3v) is 10.1. The van der Waals surface area contributed by atoms with Gasteiger partial charge in [0.15, 0.2) is 0 Å². The molecule has 2 fully saturated rings. The number of carboxylic acid groups (broad SMARTS) is 2. The lowest BCUT2D eigenvalue weighted by atomic mass is 9.45. The molecule has 0 heterocycles. The van der Waals surface area contributed by atoms with E-state index in [9.17, 15) is 14.7 Å². The van der Waals surface area contributed by atoms with Crippen LogP contribution in [0, 0.1) is 28.1 Å². The highest BCUT2D eigenvalue weighted by Crippen LogP contribution is 2.70. The molecule has 0 aliphatic heterocycles. The molecule has 1 unspecified atom stereocenters. The molecular weight excluding hydrogens is 424 g/mol. The Balaban J connectivity index is 1.96. The first-order chi connectivity index (χ1) is 15.8. The predicted molar refractivity (Wildman–Crippen MR) is 137 cm³/mol. The topological polar surface area (TPSA) is 74.6 Å². The molecule has 0 amide bonds. The van der Waals surface area contributed by atoms with Gasteiger partial charge in [-0.3, -0.25) is 4.79 Å². The first kappa shape index (κ1) is 26.5. The maximum Gasteiger partial charge on any atom is 0.330 e. The molecule has 188 valence electrons. The molecular formula is C30H44O4. The zero-order valence-electron chi connectivity index (χ0n) is 22.1. The van der Waals surface area contributed by atoms with Crippen molar-refractivity contribution in [3.8, 4) is 0 Å². The molecule has 2 N–H and O–H groups in total. The lowest BCUT2D eigenvalue weighted by molar-refractivity contribution is -0.138. The lowest BCUT2D eigenvalue weighted by Gasteiger charge is -2.59. The van der Waals surface area contributed by atoms with Crippen molar-refractivity contribution in [2.75, 3.05) is 0 Å². The van der Waals surface area contributed by atoms with E-state index in [-0.39, 0.29) is 22.7 Å². The summed E-state index contributed by atoms with van der Waals surface area (Å²) in [5, 5.41) is 18.6. The van der Waals surface area contributed by atoms with E-state index < -0.39 is 11.9 Å². The van der Waals surface area contributed by atoms with Gasteiger partial charge in [-0.25, -0.2) is 4.79 Å². The van der Waals surface area contributed by atoms with E-state index in [2.05, 4.69) is 47.3 Å². The molecule has 34 heavy (non-hydrogen) atoms. The molecule has 3 aliphatic rings. The summed E-state index contributed by atoms with van der Waals surface area (Å²) in [6.45, 7) is 17.5. The summed E-state index contributed by atoms with van der Waals surface area (Å²) in [6, 6.07) is 0. The Hall–Kier alpha value is -2.10. The molecule has 3 rings (SSSR count). The number of hydrogen-bond donors (Lipinski definition) is 2. The van der Waals surface area contributed by atoms with Crippen molar-refractivity contribution in [2.24, 2.45) is 28.1 Å². The number of allylic oxidation sites excluding steroid dienone is 6. The van der Waals surface area contributed by atoms with Crippen LogP contribution in [-0.4, -0.2) is 22.2 Å². The van der Waals surface area contributed by atoms with Crippen molar-refractivity contribution in [3.63, 3.8) is 0 Å². The van der Waals surface area contributed by atoms with Crippen LogP contribution in [0.1, 0.15) is 99.3 Å². The van der Waals surface area contributed by atoms with Gasteiger partial charge >= 0.3 is 11.9 Å². The molecule has 0 aromatic rings. The normalized spacial score (nSPS) is 36.9. The second-order valence-corrected chi connectivity index (χ2v) is 11.9. The van der Waals surface area contributed by atoms with Crippen molar-refractivity contribution in [1.82, 2.24) is 0 Å². The van der Waals surface area contributed by atoms with Crippen molar-refractivity contribution in [2.45, 2.75) is 99.3 Å². The average Bonchev–Trinajstić information content (AvgIpc) is 3.03. The number of aliphatic carboxylic acids is 2. The monoisotopic (exact) mass is 468 g/mol. The van der Waals surface area contributed by atoms with Crippen LogP contribution in [0.15, 0.2) is 46.6 Å². The average molecular weight is 469 g/mol. The van der Waals surface area contributed by atoms with E-state index in [1.54, 1.807) is 12.5 Å². The molecule has 0 bridgehead atoms. The highest BCUT2D eigenvalue weighted by Gasteiger charge is 2.61. The quantitative estimate of drug-likeness (QED) is 0.282. The van der Waals surface area contributed by atoms with Gasteiger partial charge in [-0.15, -0.1) is 0 Å². The number of fused-ring (bicyclic) bond motifs is 3. The van der Waals surface area contributed by atoms with Gasteiger partial charge in [0.05, 0.1) is 0 Å². The van der Waals surface area contributed by atoms with E-state index in [0.717, 1.165) is 44.9 Å². The zero-order chi connectivity index (χ0) is 25.5. The third-order valence-electron chi connectivity index (χ3n) is 10.1. The standard InChI is InChI=1S/C30H44O4/c1-19(2)22-11-12-25-24(28(22,5)16-15-26(31)32)14-18-29(6)23(13-17-30(25,29)7)20(3)9-8-10-21(4)27(33)34/h10,14,22,25H,1,8-9,11-13,15-18H2,2-7H3,(H,31,32)(H,33,34)/t22-,25?,28+,29-,30+/m1/s1. The molecule has 4 nitrogen and oxygen atoms in total. The van der Waals surface area contributed by atoms with E-state index in [0.29, 0.717) is 23.8 Å². The fourth-order valence-corrected chi connectivity index (χ4v) is 7.86. The highest BCUT2D eigenvalue weighted by molar-refractivity contribution is 5.85. The minimum atomic E-state index is -0.841. The zero-order valence-corrected chi connectivity index (χ0v) is 22.1.